The van der Waals surface area contributed by atoms with Gasteiger partial charge in [0.25, 0.3) is 0 Å². The fraction of sp³-hybridized carbons (Fsp3) is 0.333. The molecule has 2 aromatic carbocycles. The molecule has 1 N–H and O–H groups in total. The first-order valence-electron chi connectivity index (χ1n) is 7.35. The van der Waals surface area contributed by atoms with E-state index in [2.05, 4.69) is 31.3 Å². The quantitative estimate of drug-likeness (QED) is 0.804. The Labute approximate surface area is 126 Å². The Morgan fingerprint density at radius 2 is 1.81 bits per heavy atom. The lowest BCUT2D eigenvalue weighted by molar-refractivity contribution is 0.321. The Morgan fingerprint density at radius 1 is 1.10 bits per heavy atom. The van der Waals surface area contributed by atoms with E-state index in [1.807, 2.05) is 31.2 Å². The molecule has 0 bridgehead atoms. The number of hydrogen-bond donors (Lipinski definition) is 1. The second-order valence-electron chi connectivity index (χ2n) is 5.35. The molecule has 0 aromatic heterocycles. The molecule has 0 aliphatic heterocycles. The molecule has 2 rings (SSSR count). The molecule has 21 heavy (non-hydrogen) atoms. The van der Waals surface area contributed by atoms with Crippen molar-refractivity contribution in [1.29, 1.82) is 0 Å². The van der Waals surface area contributed by atoms with E-state index in [1.165, 1.54) is 11.6 Å². The van der Waals surface area contributed by atoms with Crippen molar-refractivity contribution < 1.29 is 9.13 Å². The number of halogens is 1. The van der Waals surface area contributed by atoms with E-state index in [0.29, 0.717) is 18.3 Å². The molecule has 1 atom stereocenters. The summed E-state index contributed by atoms with van der Waals surface area (Å²) in [4.78, 5) is 0. The van der Waals surface area contributed by atoms with Crippen molar-refractivity contribution in [3.05, 3.63) is 59.9 Å². The van der Waals surface area contributed by atoms with Crippen molar-refractivity contribution in [3.8, 4) is 5.75 Å². The Bertz CT molecular complexity index is 569. The number of hydrogen-bond acceptors (Lipinski definition) is 2. The van der Waals surface area contributed by atoms with E-state index in [-0.39, 0.29) is 11.9 Å². The van der Waals surface area contributed by atoms with Gasteiger partial charge >= 0.3 is 0 Å². The predicted molar refractivity (Wildman–Crippen MR) is 85.2 cm³/mol. The third-order valence-corrected chi connectivity index (χ3v) is 3.38. The largest absolute Gasteiger partial charge is 0.491 e. The van der Waals surface area contributed by atoms with Crippen molar-refractivity contribution >= 4 is 5.69 Å². The van der Waals surface area contributed by atoms with Gasteiger partial charge in [-0.05, 0) is 30.5 Å². The summed E-state index contributed by atoms with van der Waals surface area (Å²) in [5.41, 5.74) is 1.96. The Kier molecular flexibility index (Phi) is 5.20. The Hall–Kier alpha value is -2.03. The average molecular weight is 287 g/mol. The van der Waals surface area contributed by atoms with Crippen LogP contribution in [-0.4, -0.2) is 6.61 Å². The molecular formula is C18H22FNO. The number of rotatable bonds is 6. The van der Waals surface area contributed by atoms with Gasteiger partial charge in [-0.25, -0.2) is 4.39 Å². The van der Waals surface area contributed by atoms with E-state index in [9.17, 15) is 4.39 Å². The molecule has 0 radical (unpaired) electrons. The van der Waals surface area contributed by atoms with Crippen LogP contribution in [0.25, 0.3) is 0 Å². The van der Waals surface area contributed by atoms with E-state index in [4.69, 9.17) is 4.74 Å². The maximum Gasteiger partial charge on any atom is 0.167 e. The summed E-state index contributed by atoms with van der Waals surface area (Å²) in [5.74, 6) is 0.350. The van der Waals surface area contributed by atoms with Crippen LogP contribution in [0.1, 0.15) is 32.4 Å². The molecule has 0 saturated carbocycles. The van der Waals surface area contributed by atoms with Crippen LogP contribution >= 0.6 is 0 Å². The van der Waals surface area contributed by atoms with Crippen molar-refractivity contribution in [1.82, 2.24) is 0 Å². The Morgan fingerprint density at radius 3 is 2.38 bits per heavy atom. The van der Waals surface area contributed by atoms with E-state index in [1.54, 1.807) is 6.07 Å². The van der Waals surface area contributed by atoms with Gasteiger partial charge in [0, 0.05) is 11.8 Å². The Balaban J connectivity index is 2.20. The fourth-order valence-electron chi connectivity index (χ4n) is 2.34. The van der Waals surface area contributed by atoms with E-state index < -0.39 is 0 Å². The van der Waals surface area contributed by atoms with Crippen molar-refractivity contribution in [3.63, 3.8) is 0 Å². The summed E-state index contributed by atoms with van der Waals surface area (Å²) in [6.07, 6.45) is 0. The van der Waals surface area contributed by atoms with Crippen LogP contribution in [0.4, 0.5) is 10.1 Å². The lowest BCUT2D eigenvalue weighted by Crippen LogP contribution is -2.16. The van der Waals surface area contributed by atoms with Gasteiger partial charge in [0.2, 0.25) is 0 Å². The topological polar surface area (TPSA) is 21.3 Å². The minimum absolute atomic E-state index is 0.142. The molecule has 0 heterocycles. The third-order valence-electron chi connectivity index (χ3n) is 3.38. The lowest BCUT2D eigenvalue weighted by atomic mass is 9.96. The second-order valence-corrected chi connectivity index (χ2v) is 5.35. The minimum atomic E-state index is -0.336. The molecule has 0 aliphatic carbocycles. The summed E-state index contributed by atoms with van der Waals surface area (Å²) in [6.45, 7) is 6.60. The van der Waals surface area contributed by atoms with Crippen LogP contribution in [0, 0.1) is 11.7 Å². The summed E-state index contributed by atoms with van der Waals surface area (Å²) in [6, 6.07) is 15.4. The highest BCUT2D eigenvalue weighted by Crippen LogP contribution is 2.28. The molecule has 0 fully saturated rings. The van der Waals surface area contributed by atoms with Gasteiger partial charge in [-0.15, -0.1) is 0 Å². The summed E-state index contributed by atoms with van der Waals surface area (Å²) >= 11 is 0. The summed E-state index contributed by atoms with van der Waals surface area (Å²) < 4.78 is 19.2. The van der Waals surface area contributed by atoms with Crippen molar-refractivity contribution in [2.45, 2.75) is 26.8 Å². The van der Waals surface area contributed by atoms with Crippen LogP contribution in [-0.2, 0) is 0 Å². The zero-order chi connectivity index (χ0) is 15.2. The van der Waals surface area contributed by atoms with Crippen LogP contribution in [0.5, 0.6) is 5.75 Å². The highest BCUT2D eigenvalue weighted by Gasteiger charge is 2.16. The molecule has 0 amide bonds. The van der Waals surface area contributed by atoms with Crippen LogP contribution in [0.3, 0.4) is 0 Å². The normalized spacial score (nSPS) is 12.2. The number of benzene rings is 2. The number of ether oxygens (including phenoxy) is 1. The maximum absolute atomic E-state index is 13.9. The standard InChI is InChI=1S/C18H22FNO/c1-4-21-17-11-10-15(12-16(17)19)20-18(13(2)3)14-8-6-5-7-9-14/h5-13,18,20H,4H2,1-3H3. The van der Waals surface area contributed by atoms with E-state index >= 15 is 0 Å². The SMILES string of the molecule is CCOc1ccc(NC(c2ccccc2)C(C)C)cc1F. The van der Waals surface area contributed by atoms with Crippen LogP contribution in [0.15, 0.2) is 48.5 Å². The molecule has 1 unspecified atom stereocenters. The van der Waals surface area contributed by atoms with Gasteiger partial charge in [-0.1, -0.05) is 44.2 Å². The molecular weight excluding hydrogens is 265 g/mol. The molecule has 112 valence electrons. The summed E-state index contributed by atoms with van der Waals surface area (Å²) in [5, 5.41) is 3.41. The van der Waals surface area contributed by atoms with Crippen molar-refractivity contribution in [2.24, 2.45) is 5.92 Å². The smallest absolute Gasteiger partial charge is 0.167 e. The molecule has 0 spiro atoms. The molecule has 2 aromatic rings. The minimum Gasteiger partial charge on any atom is -0.491 e. The maximum atomic E-state index is 13.9. The summed E-state index contributed by atoms with van der Waals surface area (Å²) in [7, 11) is 0. The van der Waals surface area contributed by atoms with Gasteiger partial charge < -0.3 is 10.1 Å². The lowest BCUT2D eigenvalue weighted by Gasteiger charge is -2.24. The van der Waals surface area contributed by atoms with Crippen molar-refractivity contribution in [2.75, 3.05) is 11.9 Å². The van der Waals surface area contributed by atoms with Gasteiger partial charge in [-0.3, -0.25) is 0 Å². The van der Waals surface area contributed by atoms with Crippen LogP contribution < -0.4 is 10.1 Å². The van der Waals surface area contributed by atoms with Crippen LogP contribution in [0.2, 0.25) is 0 Å². The van der Waals surface area contributed by atoms with Gasteiger partial charge in [-0.2, -0.15) is 0 Å². The molecule has 3 heteroatoms. The molecule has 0 aliphatic rings. The molecule has 2 nitrogen and oxygen atoms in total. The zero-order valence-corrected chi connectivity index (χ0v) is 12.8. The third kappa shape index (κ3) is 3.97. The highest BCUT2D eigenvalue weighted by molar-refractivity contribution is 5.49. The monoisotopic (exact) mass is 287 g/mol. The fourth-order valence-corrected chi connectivity index (χ4v) is 2.34. The number of anilines is 1. The van der Waals surface area contributed by atoms with Gasteiger partial charge in [0.05, 0.1) is 12.6 Å². The second kappa shape index (κ2) is 7.11. The first-order valence-corrected chi connectivity index (χ1v) is 7.35. The zero-order valence-electron chi connectivity index (χ0n) is 12.8. The predicted octanol–water partition coefficient (Wildman–Crippen LogP) is 5.03. The number of nitrogens with one attached hydrogen (secondary N) is 1. The highest BCUT2D eigenvalue weighted by atomic mass is 19.1. The molecule has 0 saturated heterocycles. The first-order chi connectivity index (χ1) is 10.1. The first kappa shape index (κ1) is 15.4. The van der Waals surface area contributed by atoms with Gasteiger partial charge in [0.1, 0.15) is 0 Å². The van der Waals surface area contributed by atoms with Gasteiger partial charge in [0.15, 0.2) is 11.6 Å². The van der Waals surface area contributed by atoms with E-state index in [0.717, 1.165) is 5.69 Å². The average Bonchev–Trinajstić information content (AvgIpc) is 2.48.